The van der Waals surface area contributed by atoms with Crippen molar-refractivity contribution in [3.8, 4) is 5.75 Å². The number of ether oxygens (including phenoxy) is 1. The molecule has 1 aliphatic heterocycles. The van der Waals surface area contributed by atoms with Crippen molar-refractivity contribution in [1.29, 1.82) is 0 Å². The molecule has 0 aliphatic carbocycles. The largest absolute Gasteiger partial charge is 0.497 e. The summed E-state index contributed by atoms with van der Waals surface area (Å²) in [6.07, 6.45) is 1.65. The maximum Gasteiger partial charge on any atom is 0.134 e. The monoisotopic (exact) mass is 341 g/mol. The van der Waals surface area contributed by atoms with E-state index in [9.17, 15) is 0 Å². The zero-order chi connectivity index (χ0) is 17.6. The third-order valence-electron chi connectivity index (χ3n) is 4.39. The van der Waals surface area contributed by atoms with Crippen LogP contribution in [0.1, 0.15) is 13.8 Å². The highest BCUT2D eigenvalue weighted by Gasteiger charge is 2.18. The summed E-state index contributed by atoms with van der Waals surface area (Å²) in [4.78, 5) is 13.5. The van der Waals surface area contributed by atoms with E-state index in [4.69, 9.17) is 4.74 Å². The molecule has 1 fully saturated rings. The Morgan fingerprint density at radius 2 is 1.72 bits per heavy atom. The summed E-state index contributed by atoms with van der Waals surface area (Å²) >= 11 is 0. The van der Waals surface area contributed by atoms with Crippen LogP contribution in [0.3, 0.4) is 0 Å². The lowest BCUT2D eigenvalue weighted by atomic mass is 10.2. The molecule has 2 heterocycles. The van der Waals surface area contributed by atoms with Gasteiger partial charge in [-0.2, -0.15) is 0 Å². The van der Waals surface area contributed by atoms with Crippen molar-refractivity contribution in [3.63, 3.8) is 0 Å². The van der Waals surface area contributed by atoms with Crippen LogP contribution in [-0.4, -0.2) is 49.8 Å². The van der Waals surface area contributed by atoms with Gasteiger partial charge in [-0.3, -0.25) is 0 Å². The molecular weight excluding hydrogens is 314 g/mol. The Morgan fingerprint density at radius 3 is 2.36 bits per heavy atom. The summed E-state index contributed by atoms with van der Waals surface area (Å²) in [6.45, 7) is 9.15. The van der Waals surface area contributed by atoms with Crippen LogP contribution in [0.4, 0.5) is 17.3 Å². The van der Waals surface area contributed by atoms with Crippen LogP contribution in [-0.2, 0) is 0 Å². The topological polar surface area (TPSA) is 53.5 Å². The molecule has 0 atom stereocenters. The zero-order valence-corrected chi connectivity index (χ0v) is 15.3. The minimum Gasteiger partial charge on any atom is -0.497 e. The van der Waals surface area contributed by atoms with Gasteiger partial charge in [0.15, 0.2) is 0 Å². The van der Waals surface area contributed by atoms with Crippen molar-refractivity contribution in [2.75, 3.05) is 55.0 Å². The highest BCUT2D eigenvalue weighted by Crippen LogP contribution is 2.22. The normalized spacial score (nSPS) is 14.7. The number of hydrogen-bond acceptors (Lipinski definition) is 6. The van der Waals surface area contributed by atoms with Gasteiger partial charge in [-0.15, -0.1) is 0 Å². The Morgan fingerprint density at radius 1 is 1.04 bits per heavy atom. The molecule has 3 rings (SSSR count). The molecule has 0 radical (unpaired) electrons. The van der Waals surface area contributed by atoms with Crippen molar-refractivity contribution in [1.82, 2.24) is 9.97 Å². The molecule has 0 unspecified atom stereocenters. The number of methoxy groups -OCH3 is 1. The van der Waals surface area contributed by atoms with Gasteiger partial charge < -0.3 is 19.9 Å². The molecule has 0 bridgehead atoms. The number of nitrogens with zero attached hydrogens (tertiary/aromatic N) is 4. The molecule has 6 heteroatoms. The molecular formula is C19H27N5O. The Hall–Kier alpha value is -2.50. The summed E-state index contributed by atoms with van der Waals surface area (Å²) < 4.78 is 5.23. The highest BCUT2D eigenvalue weighted by atomic mass is 16.5. The molecule has 1 N–H and O–H groups in total. The van der Waals surface area contributed by atoms with Gasteiger partial charge in [-0.05, 0) is 30.2 Å². The quantitative estimate of drug-likeness (QED) is 0.872. The molecule has 1 aromatic heterocycles. The molecule has 0 saturated carbocycles. The summed E-state index contributed by atoms with van der Waals surface area (Å²) in [5.41, 5.74) is 1.24. The maximum absolute atomic E-state index is 5.23. The zero-order valence-electron chi connectivity index (χ0n) is 15.3. The van der Waals surface area contributed by atoms with Gasteiger partial charge in [0.1, 0.15) is 23.7 Å². The van der Waals surface area contributed by atoms with Crippen LogP contribution >= 0.6 is 0 Å². The molecule has 1 aromatic carbocycles. The van der Waals surface area contributed by atoms with Crippen molar-refractivity contribution >= 4 is 17.3 Å². The fourth-order valence-corrected chi connectivity index (χ4v) is 2.91. The molecule has 6 nitrogen and oxygen atoms in total. The molecule has 1 aliphatic rings. The summed E-state index contributed by atoms with van der Waals surface area (Å²) in [5, 5.41) is 3.37. The lowest BCUT2D eigenvalue weighted by Gasteiger charge is -2.36. The molecule has 0 amide bonds. The van der Waals surface area contributed by atoms with Gasteiger partial charge in [0.2, 0.25) is 0 Å². The maximum atomic E-state index is 5.23. The predicted octanol–water partition coefficient (Wildman–Crippen LogP) is 2.88. The Balaban J connectivity index is 1.59. The van der Waals surface area contributed by atoms with Gasteiger partial charge in [0.25, 0.3) is 0 Å². The number of aromatic nitrogens is 2. The molecule has 1 saturated heterocycles. The average Bonchev–Trinajstić information content (AvgIpc) is 2.67. The fraction of sp³-hybridized carbons (Fsp3) is 0.474. The van der Waals surface area contributed by atoms with Crippen molar-refractivity contribution < 1.29 is 4.74 Å². The van der Waals surface area contributed by atoms with Gasteiger partial charge in [0, 0.05) is 44.5 Å². The lowest BCUT2D eigenvalue weighted by molar-refractivity contribution is 0.415. The number of anilines is 3. The van der Waals surface area contributed by atoms with E-state index < -0.39 is 0 Å². The van der Waals surface area contributed by atoms with E-state index in [0.717, 1.165) is 50.1 Å². The van der Waals surface area contributed by atoms with E-state index in [2.05, 4.69) is 51.1 Å². The van der Waals surface area contributed by atoms with Crippen LogP contribution in [0.2, 0.25) is 0 Å². The van der Waals surface area contributed by atoms with E-state index >= 15 is 0 Å². The van der Waals surface area contributed by atoms with Crippen molar-refractivity contribution in [3.05, 3.63) is 36.7 Å². The van der Waals surface area contributed by atoms with E-state index in [1.54, 1.807) is 13.4 Å². The third kappa shape index (κ3) is 4.53. The van der Waals surface area contributed by atoms with Crippen LogP contribution < -0.4 is 19.9 Å². The number of hydrogen-bond donors (Lipinski definition) is 1. The fourth-order valence-electron chi connectivity index (χ4n) is 2.91. The van der Waals surface area contributed by atoms with E-state index in [1.807, 2.05) is 18.2 Å². The lowest BCUT2D eigenvalue weighted by Crippen LogP contribution is -2.46. The first-order valence-corrected chi connectivity index (χ1v) is 8.85. The van der Waals surface area contributed by atoms with E-state index in [0.29, 0.717) is 5.92 Å². The summed E-state index contributed by atoms with van der Waals surface area (Å²) in [7, 11) is 1.69. The SMILES string of the molecule is COc1ccc(N2CCN(c3cc(NCC(C)C)ncn3)CC2)cc1. The first-order valence-electron chi connectivity index (χ1n) is 8.85. The van der Waals surface area contributed by atoms with E-state index in [-0.39, 0.29) is 0 Å². The van der Waals surface area contributed by atoms with Gasteiger partial charge in [0.05, 0.1) is 7.11 Å². The smallest absolute Gasteiger partial charge is 0.134 e. The molecule has 25 heavy (non-hydrogen) atoms. The standard InChI is InChI=1S/C19H27N5O/c1-15(2)13-20-18-12-19(22-14-21-18)24-10-8-23(9-11-24)16-4-6-17(25-3)7-5-16/h4-7,12,14-15H,8-11,13H2,1-3H3,(H,20,21,22). The predicted molar refractivity (Wildman–Crippen MR) is 103 cm³/mol. The minimum atomic E-state index is 0.589. The second-order valence-corrected chi connectivity index (χ2v) is 6.71. The van der Waals surface area contributed by atoms with Gasteiger partial charge in [-0.25, -0.2) is 9.97 Å². The molecule has 2 aromatic rings. The van der Waals surface area contributed by atoms with Crippen LogP contribution in [0, 0.1) is 5.92 Å². The van der Waals surface area contributed by atoms with Crippen molar-refractivity contribution in [2.45, 2.75) is 13.8 Å². The number of piperazine rings is 1. The van der Waals surface area contributed by atoms with Gasteiger partial charge >= 0.3 is 0 Å². The van der Waals surface area contributed by atoms with E-state index in [1.165, 1.54) is 5.69 Å². The Bertz CT molecular complexity index is 666. The second kappa shape index (κ2) is 8.05. The Kier molecular flexibility index (Phi) is 5.58. The van der Waals surface area contributed by atoms with Crippen LogP contribution in [0.25, 0.3) is 0 Å². The third-order valence-corrected chi connectivity index (χ3v) is 4.39. The summed E-state index contributed by atoms with van der Waals surface area (Å²) in [5.74, 6) is 3.38. The number of benzene rings is 1. The van der Waals surface area contributed by atoms with Gasteiger partial charge in [-0.1, -0.05) is 13.8 Å². The number of rotatable bonds is 6. The first kappa shape index (κ1) is 17.3. The average molecular weight is 341 g/mol. The second-order valence-electron chi connectivity index (χ2n) is 6.71. The minimum absolute atomic E-state index is 0.589. The Labute approximate surface area is 149 Å². The molecule has 134 valence electrons. The van der Waals surface area contributed by atoms with Crippen LogP contribution in [0.15, 0.2) is 36.7 Å². The highest BCUT2D eigenvalue weighted by molar-refractivity contribution is 5.53. The molecule has 0 spiro atoms. The summed E-state index contributed by atoms with van der Waals surface area (Å²) in [6, 6.07) is 10.3. The first-order chi connectivity index (χ1) is 12.2. The van der Waals surface area contributed by atoms with Crippen molar-refractivity contribution in [2.24, 2.45) is 5.92 Å². The van der Waals surface area contributed by atoms with Crippen LogP contribution in [0.5, 0.6) is 5.75 Å². The number of nitrogens with one attached hydrogen (secondary N) is 1.